The van der Waals surface area contributed by atoms with Crippen molar-refractivity contribution in [3.8, 4) is 0 Å². The Hall–Kier alpha value is -2.45. The summed E-state index contributed by atoms with van der Waals surface area (Å²) in [5.41, 5.74) is 2.98. The maximum atomic E-state index is 13.4. The van der Waals surface area contributed by atoms with Crippen LogP contribution in [0.3, 0.4) is 0 Å². The quantitative estimate of drug-likeness (QED) is 0.810. The first-order valence-corrected chi connectivity index (χ1v) is 11.1. The molecule has 1 amide bonds. The Labute approximate surface area is 172 Å². The Morgan fingerprint density at radius 2 is 1.83 bits per heavy atom. The highest BCUT2D eigenvalue weighted by atomic mass is 32.2. The zero-order valence-electron chi connectivity index (χ0n) is 17.6. The normalized spacial score (nSPS) is 17.3. The van der Waals surface area contributed by atoms with E-state index < -0.39 is 16.1 Å². The van der Waals surface area contributed by atoms with E-state index in [1.807, 2.05) is 38.1 Å². The average molecular weight is 417 g/mol. The lowest BCUT2D eigenvalue weighted by molar-refractivity contribution is -0.119. The van der Waals surface area contributed by atoms with Crippen LogP contribution in [0.15, 0.2) is 35.4 Å². The van der Waals surface area contributed by atoms with Crippen molar-refractivity contribution in [3.63, 3.8) is 0 Å². The first-order valence-electron chi connectivity index (χ1n) is 9.65. The first-order chi connectivity index (χ1) is 13.6. The second kappa shape index (κ2) is 8.12. The standard InChI is InChI=1S/C21H28N4O3S/c1-14-11-15(2)20(16(3)12-14)29(27,28)25-10-6-7-18(25)21(26)23-17-8-9-19(22-13-17)24(4)5/h8-9,11-13,18H,6-7,10H2,1-5H3,(H,23,26). The van der Waals surface area contributed by atoms with E-state index in [9.17, 15) is 13.2 Å². The summed E-state index contributed by atoms with van der Waals surface area (Å²) in [5.74, 6) is 0.450. The molecule has 29 heavy (non-hydrogen) atoms. The summed E-state index contributed by atoms with van der Waals surface area (Å²) in [7, 11) is 0.000609. The molecule has 0 saturated carbocycles. The van der Waals surface area contributed by atoms with Crippen molar-refractivity contribution in [3.05, 3.63) is 47.2 Å². The molecule has 1 saturated heterocycles. The summed E-state index contributed by atoms with van der Waals surface area (Å²) in [6.07, 6.45) is 2.73. The number of hydrogen-bond donors (Lipinski definition) is 1. The Balaban J connectivity index is 1.84. The third-order valence-electron chi connectivity index (χ3n) is 5.15. The van der Waals surface area contributed by atoms with E-state index in [0.29, 0.717) is 41.1 Å². The number of anilines is 2. The van der Waals surface area contributed by atoms with Gasteiger partial charge in [0.2, 0.25) is 15.9 Å². The van der Waals surface area contributed by atoms with Crippen LogP contribution in [-0.2, 0) is 14.8 Å². The third kappa shape index (κ3) is 4.28. The Morgan fingerprint density at radius 1 is 1.17 bits per heavy atom. The molecule has 0 radical (unpaired) electrons. The number of benzene rings is 1. The number of rotatable bonds is 5. The van der Waals surface area contributed by atoms with E-state index in [2.05, 4.69) is 10.3 Å². The molecule has 1 fully saturated rings. The van der Waals surface area contributed by atoms with Crippen LogP contribution in [0.25, 0.3) is 0 Å². The van der Waals surface area contributed by atoms with Crippen LogP contribution >= 0.6 is 0 Å². The maximum absolute atomic E-state index is 13.4. The van der Waals surface area contributed by atoms with Crippen LogP contribution in [0, 0.1) is 20.8 Å². The van der Waals surface area contributed by atoms with Gasteiger partial charge in [-0.15, -0.1) is 0 Å². The molecule has 0 aliphatic carbocycles. The molecule has 1 aromatic heterocycles. The molecule has 1 unspecified atom stereocenters. The van der Waals surface area contributed by atoms with Crippen LogP contribution in [0.5, 0.6) is 0 Å². The van der Waals surface area contributed by atoms with Crippen LogP contribution in [0.4, 0.5) is 11.5 Å². The topological polar surface area (TPSA) is 82.6 Å². The molecule has 1 aliphatic rings. The van der Waals surface area contributed by atoms with E-state index in [1.165, 1.54) is 4.31 Å². The second-order valence-corrected chi connectivity index (χ2v) is 9.62. The number of hydrogen-bond acceptors (Lipinski definition) is 5. The van der Waals surface area contributed by atoms with Gasteiger partial charge in [0.25, 0.3) is 0 Å². The lowest BCUT2D eigenvalue weighted by atomic mass is 10.1. The average Bonchev–Trinajstić information content (AvgIpc) is 3.12. The summed E-state index contributed by atoms with van der Waals surface area (Å²) in [5, 5.41) is 2.82. The van der Waals surface area contributed by atoms with Crippen molar-refractivity contribution in [2.24, 2.45) is 0 Å². The lowest BCUT2D eigenvalue weighted by Crippen LogP contribution is -2.43. The SMILES string of the molecule is Cc1cc(C)c(S(=O)(=O)N2CCCC2C(=O)Nc2ccc(N(C)C)nc2)c(C)c1. The highest BCUT2D eigenvalue weighted by Gasteiger charge is 2.40. The molecule has 1 atom stereocenters. The first kappa shape index (κ1) is 21.3. The van der Waals surface area contributed by atoms with Gasteiger partial charge in [-0.25, -0.2) is 13.4 Å². The van der Waals surface area contributed by atoms with Crippen molar-refractivity contribution in [2.75, 3.05) is 30.9 Å². The summed E-state index contributed by atoms with van der Waals surface area (Å²) < 4.78 is 28.1. The minimum Gasteiger partial charge on any atom is -0.363 e. The van der Waals surface area contributed by atoms with E-state index in [-0.39, 0.29) is 5.91 Å². The zero-order valence-corrected chi connectivity index (χ0v) is 18.4. The highest BCUT2D eigenvalue weighted by molar-refractivity contribution is 7.89. The minimum absolute atomic E-state index is 0.305. The molecule has 156 valence electrons. The molecule has 2 aromatic rings. The van der Waals surface area contributed by atoms with Gasteiger partial charge in [-0.05, 0) is 56.9 Å². The van der Waals surface area contributed by atoms with E-state index in [0.717, 1.165) is 11.4 Å². The molecular formula is C21H28N4O3S. The van der Waals surface area contributed by atoms with Crippen molar-refractivity contribution in [1.82, 2.24) is 9.29 Å². The maximum Gasteiger partial charge on any atom is 0.244 e. The fourth-order valence-electron chi connectivity index (χ4n) is 3.93. The molecular weight excluding hydrogens is 388 g/mol. The van der Waals surface area contributed by atoms with Crippen LogP contribution in [0.1, 0.15) is 29.5 Å². The minimum atomic E-state index is -3.77. The fraction of sp³-hybridized carbons (Fsp3) is 0.429. The van der Waals surface area contributed by atoms with Crippen LogP contribution in [0.2, 0.25) is 0 Å². The number of pyridine rings is 1. The van der Waals surface area contributed by atoms with Crippen molar-refractivity contribution in [1.29, 1.82) is 0 Å². The molecule has 0 bridgehead atoms. The van der Waals surface area contributed by atoms with Crippen molar-refractivity contribution < 1.29 is 13.2 Å². The van der Waals surface area contributed by atoms with Gasteiger partial charge in [0.1, 0.15) is 11.9 Å². The highest BCUT2D eigenvalue weighted by Crippen LogP contribution is 2.31. The van der Waals surface area contributed by atoms with E-state index in [4.69, 9.17) is 0 Å². The number of carbonyl (C=O) groups is 1. The molecule has 1 aliphatic heterocycles. The van der Waals surface area contributed by atoms with Gasteiger partial charge in [-0.3, -0.25) is 4.79 Å². The second-order valence-electron chi connectivity index (χ2n) is 7.79. The van der Waals surface area contributed by atoms with Gasteiger partial charge in [-0.1, -0.05) is 17.7 Å². The molecule has 7 nitrogen and oxygen atoms in total. The van der Waals surface area contributed by atoms with Gasteiger partial charge in [-0.2, -0.15) is 4.31 Å². The number of aromatic nitrogens is 1. The number of nitrogens with zero attached hydrogens (tertiary/aromatic N) is 3. The van der Waals surface area contributed by atoms with Crippen LogP contribution in [-0.4, -0.2) is 50.3 Å². The van der Waals surface area contributed by atoms with Gasteiger partial charge < -0.3 is 10.2 Å². The van der Waals surface area contributed by atoms with Gasteiger partial charge in [0, 0.05) is 20.6 Å². The number of carbonyl (C=O) groups excluding carboxylic acids is 1. The Kier molecular flexibility index (Phi) is 5.95. The molecule has 2 heterocycles. The fourth-order valence-corrected chi connectivity index (χ4v) is 6.00. The smallest absolute Gasteiger partial charge is 0.244 e. The number of sulfonamides is 1. The Bertz CT molecular complexity index is 994. The van der Waals surface area contributed by atoms with E-state index in [1.54, 1.807) is 32.2 Å². The molecule has 1 aromatic carbocycles. The predicted octanol–water partition coefficient (Wildman–Crippen LogP) is 2.86. The van der Waals surface area contributed by atoms with Crippen molar-refractivity contribution in [2.45, 2.75) is 44.6 Å². The van der Waals surface area contributed by atoms with Crippen LogP contribution < -0.4 is 10.2 Å². The molecule has 1 N–H and O–H groups in total. The third-order valence-corrected chi connectivity index (χ3v) is 7.37. The predicted molar refractivity (Wildman–Crippen MR) is 115 cm³/mol. The monoisotopic (exact) mass is 416 g/mol. The number of nitrogens with one attached hydrogen (secondary N) is 1. The summed E-state index contributed by atoms with van der Waals surface area (Å²) >= 11 is 0. The Morgan fingerprint density at radius 3 is 2.38 bits per heavy atom. The van der Waals surface area contributed by atoms with Crippen molar-refractivity contribution >= 4 is 27.4 Å². The number of amides is 1. The van der Waals surface area contributed by atoms with E-state index >= 15 is 0 Å². The van der Waals surface area contributed by atoms with Gasteiger partial charge >= 0.3 is 0 Å². The summed E-state index contributed by atoms with van der Waals surface area (Å²) in [6.45, 7) is 5.88. The molecule has 8 heteroatoms. The van der Waals surface area contributed by atoms with Gasteiger partial charge in [0.05, 0.1) is 16.8 Å². The molecule has 0 spiro atoms. The largest absolute Gasteiger partial charge is 0.363 e. The number of aryl methyl sites for hydroxylation is 3. The van der Waals surface area contributed by atoms with Gasteiger partial charge in [0.15, 0.2) is 0 Å². The molecule has 3 rings (SSSR count). The summed E-state index contributed by atoms with van der Waals surface area (Å²) in [6, 6.07) is 6.57. The summed E-state index contributed by atoms with van der Waals surface area (Å²) in [4.78, 5) is 19.3. The lowest BCUT2D eigenvalue weighted by Gasteiger charge is -2.25. The zero-order chi connectivity index (χ0) is 21.3.